The van der Waals surface area contributed by atoms with Gasteiger partial charge in [0.25, 0.3) is 0 Å². The van der Waals surface area contributed by atoms with Crippen LogP contribution in [-0.4, -0.2) is 44.1 Å². The van der Waals surface area contributed by atoms with Gasteiger partial charge in [0.05, 0.1) is 17.8 Å². The van der Waals surface area contributed by atoms with Crippen molar-refractivity contribution in [2.24, 2.45) is 5.41 Å². The number of sulfonamides is 1. The van der Waals surface area contributed by atoms with Gasteiger partial charge in [-0.3, -0.25) is 4.79 Å². The minimum absolute atomic E-state index is 0.00316. The summed E-state index contributed by atoms with van der Waals surface area (Å²) in [5.41, 5.74) is -0.998. The molecule has 1 saturated heterocycles. The number of nitrogens with zero attached hydrogens (tertiary/aromatic N) is 1. The first kappa shape index (κ1) is 20.8. The van der Waals surface area contributed by atoms with Gasteiger partial charge in [-0.2, -0.15) is 0 Å². The Balaban J connectivity index is 2.37. The molecule has 26 heavy (non-hydrogen) atoms. The maximum Gasteiger partial charge on any atom is 0.313 e. The largest absolute Gasteiger partial charge is 0.466 e. The van der Waals surface area contributed by atoms with E-state index in [2.05, 4.69) is 0 Å². The molecule has 1 aromatic rings. The van der Waals surface area contributed by atoms with Gasteiger partial charge in [0.15, 0.2) is 0 Å². The molecule has 0 unspecified atom stereocenters. The van der Waals surface area contributed by atoms with Crippen LogP contribution >= 0.6 is 0 Å². The smallest absolute Gasteiger partial charge is 0.313 e. The summed E-state index contributed by atoms with van der Waals surface area (Å²) >= 11 is 0. The van der Waals surface area contributed by atoms with E-state index in [1.165, 1.54) is 10.4 Å². The quantitative estimate of drug-likeness (QED) is 0.673. The van der Waals surface area contributed by atoms with Crippen molar-refractivity contribution in [3.8, 4) is 0 Å². The Morgan fingerprint density at radius 2 is 2.04 bits per heavy atom. The first-order chi connectivity index (χ1) is 12.2. The predicted molar refractivity (Wildman–Crippen MR) is 94.0 cm³/mol. The third kappa shape index (κ3) is 4.59. The van der Waals surface area contributed by atoms with Crippen molar-refractivity contribution < 1.29 is 26.7 Å². The number of piperidine rings is 1. The zero-order valence-corrected chi connectivity index (χ0v) is 15.9. The van der Waals surface area contributed by atoms with Gasteiger partial charge in [-0.1, -0.05) is 13.0 Å². The van der Waals surface area contributed by atoms with E-state index in [1.54, 1.807) is 13.8 Å². The van der Waals surface area contributed by atoms with E-state index >= 15 is 0 Å². The third-order valence-electron chi connectivity index (χ3n) is 4.65. The van der Waals surface area contributed by atoms with E-state index in [0.29, 0.717) is 25.8 Å². The predicted octanol–water partition coefficient (Wildman–Crippen LogP) is 2.89. The highest BCUT2D eigenvalue weighted by Gasteiger charge is 2.46. The Morgan fingerprint density at radius 3 is 2.65 bits per heavy atom. The summed E-state index contributed by atoms with van der Waals surface area (Å²) in [6, 6.07) is 3.19. The average Bonchev–Trinajstić information content (AvgIpc) is 2.58. The molecular weight excluding hydrogens is 364 g/mol. The van der Waals surface area contributed by atoms with Crippen LogP contribution in [-0.2, 0) is 26.0 Å². The van der Waals surface area contributed by atoms with Crippen molar-refractivity contribution >= 4 is 16.0 Å². The summed E-state index contributed by atoms with van der Waals surface area (Å²) in [6.45, 7) is 3.86. The van der Waals surface area contributed by atoms with E-state index in [1.807, 2.05) is 0 Å². The normalized spacial score (nSPS) is 21.5. The van der Waals surface area contributed by atoms with Gasteiger partial charge in [0.2, 0.25) is 10.0 Å². The second-order valence-electron chi connectivity index (χ2n) is 6.67. The number of hydrogen-bond acceptors (Lipinski definition) is 4. The monoisotopic (exact) mass is 389 g/mol. The Hall–Kier alpha value is -1.54. The Labute approximate surface area is 153 Å². The summed E-state index contributed by atoms with van der Waals surface area (Å²) in [5, 5.41) is 0. The molecule has 1 aliphatic heterocycles. The molecule has 0 amide bonds. The molecule has 1 atom stereocenters. The molecule has 1 fully saturated rings. The second kappa shape index (κ2) is 8.43. The molecule has 2 rings (SSSR count). The summed E-state index contributed by atoms with van der Waals surface area (Å²) in [4.78, 5) is 12.7. The summed E-state index contributed by atoms with van der Waals surface area (Å²) in [5.74, 6) is -1.99. The molecule has 0 spiro atoms. The zero-order valence-electron chi connectivity index (χ0n) is 15.1. The molecule has 0 radical (unpaired) electrons. The van der Waals surface area contributed by atoms with Gasteiger partial charge < -0.3 is 4.74 Å². The average molecular weight is 389 g/mol. The van der Waals surface area contributed by atoms with E-state index in [-0.39, 0.29) is 30.9 Å². The maximum atomic E-state index is 14.2. The fraction of sp³-hybridized carbons (Fsp3) is 0.611. The zero-order chi connectivity index (χ0) is 19.4. The standard InChI is InChI=1S/C18H25F2NO4S/c1-3-10-26(23,24)21-9-5-8-18(13-21,17(22)25-4-2)12-14-6-7-15(19)11-16(14)20/h6-7,11H,3-5,8-10,12-13H2,1-2H3/t18-/m0/s1. The molecule has 1 aliphatic rings. The topological polar surface area (TPSA) is 63.7 Å². The van der Waals surface area contributed by atoms with Crippen LogP contribution in [0.1, 0.15) is 38.7 Å². The highest BCUT2D eigenvalue weighted by molar-refractivity contribution is 7.89. The van der Waals surface area contributed by atoms with E-state index < -0.39 is 33.0 Å². The van der Waals surface area contributed by atoms with E-state index in [0.717, 1.165) is 12.1 Å². The van der Waals surface area contributed by atoms with Crippen LogP contribution in [0.2, 0.25) is 0 Å². The molecule has 8 heteroatoms. The third-order valence-corrected chi connectivity index (χ3v) is 6.67. The molecule has 0 N–H and O–H groups in total. The molecule has 5 nitrogen and oxygen atoms in total. The van der Waals surface area contributed by atoms with Crippen LogP contribution in [0, 0.1) is 17.0 Å². The Morgan fingerprint density at radius 1 is 1.31 bits per heavy atom. The van der Waals surface area contributed by atoms with Gasteiger partial charge >= 0.3 is 5.97 Å². The molecule has 146 valence electrons. The minimum atomic E-state index is -3.49. The van der Waals surface area contributed by atoms with Gasteiger partial charge in [-0.15, -0.1) is 0 Å². The Bertz CT molecular complexity index is 754. The maximum absolute atomic E-state index is 14.2. The summed E-state index contributed by atoms with van der Waals surface area (Å²) in [6.07, 6.45) is 1.30. The second-order valence-corrected chi connectivity index (χ2v) is 8.75. The van der Waals surface area contributed by atoms with Crippen LogP contribution in [0.25, 0.3) is 0 Å². The van der Waals surface area contributed by atoms with Crippen molar-refractivity contribution in [2.45, 2.75) is 39.5 Å². The van der Waals surface area contributed by atoms with Gasteiger partial charge in [0.1, 0.15) is 11.6 Å². The molecule has 0 bridgehead atoms. The summed E-state index contributed by atoms with van der Waals surface area (Å²) in [7, 11) is -3.49. The lowest BCUT2D eigenvalue weighted by Crippen LogP contribution is -2.52. The molecular formula is C18H25F2NO4S. The van der Waals surface area contributed by atoms with Crippen molar-refractivity contribution in [1.29, 1.82) is 0 Å². The number of halogens is 2. The van der Waals surface area contributed by atoms with Crippen LogP contribution in [0.3, 0.4) is 0 Å². The molecule has 0 saturated carbocycles. The van der Waals surface area contributed by atoms with Crippen LogP contribution < -0.4 is 0 Å². The fourth-order valence-corrected chi connectivity index (χ4v) is 5.04. The highest BCUT2D eigenvalue weighted by atomic mass is 32.2. The van der Waals surface area contributed by atoms with Crippen LogP contribution in [0.5, 0.6) is 0 Å². The highest BCUT2D eigenvalue weighted by Crippen LogP contribution is 2.37. The van der Waals surface area contributed by atoms with E-state index in [9.17, 15) is 22.0 Å². The van der Waals surface area contributed by atoms with Gasteiger partial charge in [-0.25, -0.2) is 21.5 Å². The van der Waals surface area contributed by atoms with Gasteiger partial charge in [-0.05, 0) is 44.2 Å². The molecule has 1 heterocycles. The first-order valence-corrected chi connectivity index (χ1v) is 10.4. The lowest BCUT2D eigenvalue weighted by molar-refractivity contribution is -0.157. The number of benzene rings is 1. The van der Waals surface area contributed by atoms with Crippen molar-refractivity contribution in [2.75, 3.05) is 25.4 Å². The van der Waals surface area contributed by atoms with Crippen molar-refractivity contribution in [3.05, 3.63) is 35.4 Å². The fourth-order valence-electron chi connectivity index (χ4n) is 3.41. The van der Waals surface area contributed by atoms with Crippen LogP contribution in [0.15, 0.2) is 18.2 Å². The van der Waals surface area contributed by atoms with Crippen LogP contribution in [0.4, 0.5) is 8.78 Å². The number of carbonyl (C=O) groups is 1. The van der Waals surface area contributed by atoms with Crippen molar-refractivity contribution in [3.63, 3.8) is 0 Å². The number of rotatable bonds is 7. The van der Waals surface area contributed by atoms with Gasteiger partial charge in [0, 0.05) is 19.2 Å². The molecule has 0 aromatic heterocycles. The van der Waals surface area contributed by atoms with E-state index in [4.69, 9.17) is 4.74 Å². The lowest BCUT2D eigenvalue weighted by Gasteiger charge is -2.40. The molecule has 0 aliphatic carbocycles. The summed E-state index contributed by atoms with van der Waals surface area (Å²) < 4.78 is 58.8. The lowest BCUT2D eigenvalue weighted by atomic mass is 9.75. The number of hydrogen-bond donors (Lipinski definition) is 0. The SMILES string of the molecule is CCCS(=O)(=O)N1CCC[C@@](Cc2ccc(F)cc2F)(C(=O)OCC)C1. The number of carbonyl (C=O) groups excluding carboxylic acids is 1. The first-order valence-electron chi connectivity index (χ1n) is 8.83. The molecule has 1 aromatic carbocycles. The minimum Gasteiger partial charge on any atom is -0.466 e. The van der Waals surface area contributed by atoms with Crippen molar-refractivity contribution in [1.82, 2.24) is 4.31 Å². The number of ether oxygens (including phenoxy) is 1. The number of esters is 1. The Kier molecular flexibility index (Phi) is 6.74.